The van der Waals surface area contributed by atoms with Crippen molar-refractivity contribution >= 4 is 11.4 Å². The van der Waals surface area contributed by atoms with Crippen LogP contribution in [-0.2, 0) is 0 Å². The molecule has 2 aromatic carbocycles. The normalized spacial score (nSPS) is 12.0. The van der Waals surface area contributed by atoms with Crippen molar-refractivity contribution in [2.24, 2.45) is 0 Å². The maximum atomic E-state index is 9.90. The molecular weight excluding hydrogens is 248 g/mol. The smallest absolute Gasteiger partial charge is 0.120 e. The van der Waals surface area contributed by atoms with Gasteiger partial charge < -0.3 is 15.3 Å². The summed E-state index contributed by atoms with van der Waals surface area (Å²) in [6.45, 7) is 4.14. The van der Waals surface area contributed by atoms with E-state index in [0.29, 0.717) is 5.75 Å². The largest absolute Gasteiger partial charge is 0.508 e. The second kappa shape index (κ2) is 5.87. The fourth-order valence-electron chi connectivity index (χ4n) is 2.25. The standard InChI is InChI=1S/C17H22N2O/c1-12-11-14(19(3)4)9-10-16(12)18-13(2)15-7-5-6-8-17(15)20/h5-11,13,18,20H,1-4H3. The van der Waals surface area contributed by atoms with E-state index >= 15 is 0 Å². The van der Waals surface area contributed by atoms with E-state index in [0.717, 1.165) is 11.3 Å². The first-order valence-corrected chi connectivity index (χ1v) is 6.81. The summed E-state index contributed by atoms with van der Waals surface area (Å²) >= 11 is 0. The van der Waals surface area contributed by atoms with Gasteiger partial charge in [0.25, 0.3) is 0 Å². The Balaban J connectivity index is 2.20. The third-order valence-corrected chi connectivity index (χ3v) is 3.50. The second-order valence-electron chi connectivity index (χ2n) is 5.32. The van der Waals surface area contributed by atoms with Gasteiger partial charge in [-0.2, -0.15) is 0 Å². The Hall–Kier alpha value is -2.16. The maximum Gasteiger partial charge on any atom is 0.120 e. The van der Waals surface area contributed by atoms with E-state index in [4.69, 9.17) is 0 Å². The molecule has 3 nitrogen and oxygen atoms in total. The number of rotatable bonds is 4. The van der Waals surface area contributed by atoms with Crippen LogP contribution < -0.4 is 10.2 Å². The summed E-state index contributed by atoms with van der Waals surface area (Å²) in [6.07, 6.45) is 0. The van der Waals surface area contributed by atoms with Crippen LogP contribution >= 0.6 is 0 Å². The molecule has 0 amide bonds. The molecule has 0 fully saturated rings. The highest BCUT2D eigenvalue weighted by molar-refractivity contribution is 5.60. The molecule has 0 saturated carbocycles. The van der Waals surface area contributed by atoms with Crippen molar-refractivity contribution in [3.05, 3.63) is 53.6 Å². The first-order chi connectivity index (χ1) is 9.49. The second-order valence-corrected chi connectivity index (χ2v) is 5.32. The van der Waals surface area contributed by atoms with Crippen LogP contribution in [0, 0.1) is 6.92 Å². The molecule has 2 N–H and O–H groups in total. The first kappa shape index (κ1) is 14.3. The molecular formula is C17H22N2O. The van der Waals surface area contributed by atoms with Gasteiger partial charge in [-0.25, -0.2) is 0 Å². The van der Waals surface area contributed by atoms with Gasteiger partial charge in [0.05, 0.1) is 6.04 Å². The highest BCUT2D eigenvalue weighted by Gasteiger charge is 2.11. The van der Waals surface area contributed by atoms with Gasteiger partial charge in [0.15, 0.2) is 0 Å². The molecule has 2 aromatic rings. The number of para-hydroxylation sites is 1. The highest BCUT2D eigenvalue weighted by Crippen LogP contribution is 2.29. The zero-order chi connectivity index (χ0) is 14.7. The van der Waals surface area contributed by atoms with Crippen LogP contribution in [0.4, 0.5) is 11.4 Å². The maximum absolute atomic E-state index is 9.90. The number of nitrogens with zero attached hydrogens (tertiary/aromatic N) is 1. The first-order valence-electron chi connectivity index (χ1n) is 6.81. The highest BCUT2D eigenvalue weighted by atomic mass is 16.3. The number of phenolic OH excluding ortho intramolecular Hbond substituents is 1. The van der Waals surface area contributed by atoms with Crippen molar-refractivity contribution in [2.75, 3.05) is 24.3 Å². The predicted octanol–water partition coefficient (Wildman–Crippen LogP) is 3.94. The molecule has 0 bridgehead atoms. The molecule has 106 valence electrons. The summed E-state index contributed by atoms with van der Waals surface area (Å²) in [5.74, 6) is 0.329. The zero-order valence-electron chi connectivity index (χ0n) is 12.5. The zero-order valence-corrected chi connectivity index (χ0v) is 12.5. The van der Waals surface area contributed by atoms with Crippen molar-refractivity contribution < 1.29 is 5.11 Å². The predicted molar refractivity (Wildman–Crippen MR) is 85.7 cm³/mol. The van der Waals surface area contributed by atoms with Crippen LogP contribution in [0.3, 0.4) is 0 Å². The Morgan fingerprint density at radius 3 is 2.40 bits per heavy atom. The molecule has 0 radical (unpaired) electrons. The van der Waals surface area contributed by atoms with Crippen LogP contribution in [0.15, 0.2) is 42.5 Å². The number of hydrogen-bond acceptors (Lipinski definition) is 3. The van der Waals surface area contributed by atoms with Gasteiger partial charge in [0.1, 0.15) is 5.75 Å². The van der Waals surface area contributed by atoms with Gasteiger partial charge in [-0.05, 0) is 43.7 Å². The van der Waals surface area contributed by atoms with E-state index in [1.165, 1.54) is 11.3 Å². The molecule has 20 heavy (non-hydrogen) atoms. The lowest BCUT2D eigenvalue weighted by atomic mass is 10.1. The average Bonchev–Trinajstić information content (AvgIpc) is 2.41. The molecule has 0 aromatic heterocycles. The molecule has 3 heteroatoms. The Kier molecular flexibility index (Phi) is 4.18. The molecule has 1 atom stereocenters. The van der Waals surface area contributed by atoms with E-state index in [1.54, 1.807) is 6.07 Å². The summed E-state index contributed by atoms with van der Waals surface area (Å²) < 4.78 is 0. The van der Waals surface area contributed by atoms with Crippen molar-refractivity contribution in [3.8, 4) is 5.75 Å². The molecule has 0 spiro atoms. The van der Waals surface area contributed by atoms with Gasteiger partial charge in [0.2, 0.25) is 0 Å². The monoisotopic (exact) mass is 270 g/mol. The summed E-state index contributed by atoms with van der Waals surface area (Å²) in [4.78, 5) is 2.09. The topological polar surface area (TPSA) is 35.5 Å². The van der Waals surface area contributed by atoms with Crippen LogP contribution in [-0.4, -0.2) is 19.2 Å². The average molecular weight is 270 g/mol. The van der Waals surface area contributed by atoms with Crippen LogP contribution in [0.5, 0.6) is 5.75 Å². The fraction of sp³-hybridized carbons (Fsp3) is 0.294. The number of nitrogens with one attached hydrogen (secondary N) is 1. The molecule has 0 aliphatic carbocycles. The third kappa shape index (κ3) is 3.05. The van der Waals surface area contributed by atoms with E-state index in [1.807, 2.05) is 39.2 Å². The van der Waals surface area contributed by atoms with E-state index in [9.17, 15) is 5.11 Å². The lowest BCUT2D eigenvalue weighted by Gasteiger charge is -2.20. The Labute approximate surface area is 120 Å². The lowest BCUT2D eigenvalue weighted by molar-refractivity contribution is 0.465. The molecule has 0 aliphatic rings. The number of hydrogen-bond donors (Lipinski definition) is 2. The Morgan fingerprint density at radius 1 is 1.10 bits per heavy atom. The third-order valence-electron chi connectivity index (χ3n) is 3.50. The quantitative estimate of drug-likeness (QED) is 0.883. The number of anilines is 2. The summed E-state index contributed by atoms with van der Waals surface area (Å²) in [6, 6.07) is 13.8. The lowest BCUT2D eigenvalue weighted by Crippen LogP contribution is -2.11. The van der Waals surface area contributed by atoms with E-state index in [2.05, 4.69) is 35.3 Å². The SMILES string of the molecule is Cc1cc(N(C)C)ccc1NC(C)c1ccccc1O. The molecule has 0 heterocycles. The van der Waals surface area contributed by atoms with Crippen LogP contribution in [0.25, 0.3) is 0 Å². The van der Waals surface area contributed by atoms with Gasteiger partial charge in [0, 0.05) is 31.0 Å². The molecule has 2 rings (SSSR count). The van der Waals surface area contributed by atoms with Crippen molar-refractivity contribution in [3.63, 3.8) is 0 Å². The summed E-state index contributed by atoms with van der Waals surface area (Å²) in [7, 11) is 4.07. The number of phenols is 1. The minimum atomic E-state index is 0.0557. The van der Waals surface area contributed by atoms with E-state index < -0.39 is 0 Å². The van der Waals surface area contributed by atoms with Crippen LogP contribution in [0.2, 0.25) is 0 Å². The van der Waals surface area contributed by atoms with Gasteiger partial charge in [-0.15, -0.1) is 0 Å². The Morgan fingerprint density at radius 2 is 1.80 bits per heavy atom. The summed E-state index contributed by atoms with van der Waals surface area (Å²) in [5.41, 5.74) is 4.37. The molecule has 0 aliphatic heterocycles. The number of aromatic hydroxyl groups is 1. The van der Waals surface area contributed by atoms with Crippen molar-refractivity contribution in [1.29, 1.82) is 0 Å². The van der Waals surface area contributed by atoms with Crippen LogP contribution in [0.1, 0.15) is 24.1 Å². The van der Waals surface area contributed by atoms with Gasteiger partial charge in [-0.1, -0.05) is 18.2 Å². The van der Waals surface area contributed by atoms with Crippen molar-refractivity contribution in [2.45, 2.75) is 19.9 Å². The van der Waals surface area contributed by atoms with Gasteiger partial charge >= 0.3 is 0 Å². The fourth-order valence-corrected chi connectivity index (χ4v) is 2.25. The van der Waals surface area contributed by atoms with E-state index in [-0.39, 0.29) is 6.04 Å². The Bertz CT molecular complexity index is 593. The minimum Gasteiger partial charge on any atom is -0.508 e. The van der Waals surface area contributed by atoms with Gasteiger partial charge in [-0.3, -0.25) is 0 Å². The molecule has 0 saturated heterocycles. The number of benzene rings is 2. The molecule has 1 unspecified atom stereocenters. The summed E-state index contributed by atoms with van der Waals surface area (Å²) in [5, 5.41) is 13.4. The minimum absolute atomic E-state index is 0.0557. The van der Waals surface area contributed by atoms with Crippen molar-refractivity contribution in [1.82, 2.24) is 0 Å². The number of aryl methyl sites for hydroxylation is 1.